The van der Waals surface area contributed by atoms with Gasteiger partial charge < -0.3 is 71.0 Å². The summed E-state index contributed by atoms with van der Waals surface area (Å²) in [5.41, 5.74) is 0.944. The van der Waals surface area contributed by atoms with Crippen LogP contribution in [-0.2, 0) is 19.2 Å². The van der Waals surface area contributed by atoms with Gasteiger partial charge in [-0.2, -0.15) is 62.7 Å². The Kier molecular flexibility index (Phi) is 26.1. The van der Waals surface area contributed by atoms with Crippen molar-refractivity contribution in [1.82, 2.24) is 111 Å². The van der Waals surface area contributed by atoms with Gasteiger partial charge in [0, 0.05) is 130 Å². The number of alkyl halides is 14. The van der Waals surface area contributed by atoms with Crippen molar-refractivity contribution in [2.24, 2.45) is 0 Å². The molecule has 0 bridgehead atoms. The third-order valence-corrected chi connectivity index (χ3v) is 20.4. The summed E-state index contributed by atoms with van der Waals surface area (Å²) in [5, 5.41) is 31.7. The van der Waals surface area contributed by atoms with Crippen molar-refractivity contribution in [3.05, 3.63) is 131 Å². The molecule has 4 amide bonds. The first kappa shape index (κ1) is 90.3. The van der Waals surface area contributed by atoms with Crippen molar-refractivity contribution >= 4 is 126 Å². The Labute approximate surface area is 709 Å². The molecule has 0 radical (unpaired) electrons. The van der Waals surface area contributed by atoms with Gasteiger partial charge in [0.1, 0.15) is 104 Å². The molecule has 10 N–H and O–H groups in total. The van der Waals surface area contributed by atoms with Gasteiger partial charge in [0.15, 0.2) is 46.6 Å². The minimum Gasteiger partial charge on any atom is -0.388 e. The Balaban J connectivity index is 0.000000176. The number of carbonyl (C=O) groups excluding carboxylic acids is 4. The summed E-state index contributed by atoms with van der Waals surface area (Å²) in [6, 6.07) is 1.25. The fraction of sp³-hybridized carbons (Fsp3) is 0.370. The van der Waals surface area contributed by atoms with Crippen LogP contribution < -0.4 is 40.9 Å². The number of amides is 4. The lowest BCUT2D eigenvalue weighted by molar-refractivity contribution is -0.139. The molecule has 0 aliphatic carbocycles. The van der Waals surface area contributed by atoms with Crippen LogP contribution >= 0.6 is 34.8 Å². The number of β-amino-alcohol motifs (C(OH)–C–C–N with tert-alkyl or cyclic N) is 2. The summed E-state index contributed by atoms with van der Waals surface area (Å²) < 4.78 is 221. The number of aromatic nitrogens is 18. The molecule has 4 fully saturated rings. The van der Waals surface area contributed by atoms with Gasteiger partial charge in [0.2, 0.25) is 35.5 Å². The summed E-state index contributed by atoms with van der Waals surface area (Å²) in [5.74, 6) is -6.48. The highest BCUT2D eigenvalue weighted by Gasteiger charge is 2.49. The Morgan fingerprint density at radius 1 is 0.448 bits per heavy atom. The van der Waals surface area contributed by atoms with E-state index in [0.717, 1.165) is 29.8 Å². The molecule has 16 rings (SSSR count). The third-order valence-electron chi connectivity index (χ3n) is 19.7. The fourth-order valence-electron chi connectivity index (χ4n) is 14.1. The highest BCUT2D eigenvalue weighted by molar-refractivity contribution is 6.32. The average molecular weight is 1840 g/mol. The lowest BCUT2D eigenvalue weighted by Gasteiger charge is -2.25. The van der Waals surface area contributed by atoms with E-state index in [1.165, 1.54) is 58.8 Å². The number of nitrogens with one attached hydrogen (secondary N) is 8. The molecule has 4 aliphatic heterocycles. The summed E-state index contributed by atoms with van der Waals surface area (Å²) >= 11 is 18.0. The maximum absolute atomic E-state index is 14.8. The molecule has 16 heterocycles. The van der Waals surface area contributed by atoms with Crippen molar-refractivity contribution in [3.8, 4) is 45.6 Å². The molecule has 52 heteroatoms. The number of hydrogen-bond donors (Lipinski definition) is 10. The van der Waals surface area contributed by atoms with Gasteiger partial charge in [-0.15, -0.1) is 0 Å². The minimum absolute atomic E-state index is 0. The Hall–Kier alpha value is -12.4. The predicted molar refractivity (Wildman–Crippen MR) is 420 cm³/mol. The lowest BCUT2D eigenvalue weighted by Crippen LogP contribution is -2.46. The molecule has 125 heavy (non-hydrogen) atoms. The van der Waals surface area contributed by atoms with Gasteiger partial charge in [-0.05, 0) is 37.6 Å². The largest absolute Gasteiger partial charge is 0.405 e. The van der Waals surface area contributed by atoms with E-state index < -0.39 is 140 Å². The first-order valence-corrected chi connectivity index (χ1v) is 38.1. The Morgan fingerprint density at radius 2 is 0.776 bits per heavy atom. The first-order valence-electron chi connectivity index (χ1n) is 37.0. The van der Waals surface area contributed by atoms with E-state index in [2.05, 4.69) is 89.7 Å². The van der Waals surface area contributed by atoms with Crippen molar-refractivity contribution in [3.63, 3.8) is 0 Å². The molecule has 0 aromatic carbocycles. The standard InChI is InChI=1S/C20H19ClF4N6O2.C19H17ClF4N6O2.C17H14ClF4N7O.C17H14F5N7O.3H2/c1-2-19(33)4-14(18(32)29-8-20(23,24)25)31(9-19)17-13(22)7-28-16(30-17)12-6-27-15-11(12)3-10(21)5-26-15;1-18(32)3-13(17(31)28-7-19(22,23)24)30(8-18)16-12(21)6-27-15(29-16)11-5-26-14-10(11)2-9(20)4-25-14;2*18-8-1-10-11(4-24-13(10)23-3-8)14-26-7-27-16(28-14)29-5-9(19)2-12(29)15(30)25-6-17(20,21)22;;;/h3,5-7,14,33H,2,4,8-9H2,1H3,(H,26,27)(H,29,32);2,4-6,13,32H,3,7-8H2,1H3,(H,25,26)(H,28,31);2*1,3-4,7,9,12H,2,5-6H2,(H,23,24)(H,25,30);3*1H/t14-,19-;13-,18-;9-,12+;9-,12-;;;/m1100.../s1. The molecule has 0 spiro atoms. The van der Waals surface area contributed by atoms with Crippen LogP contribution in [0.2, 0.25) is 15.1 Å². The van der Waals surface area contributed by atoms with Gasteiger partial charge in [-0.1, -0.05) is 41.7 Å². The van der Waals surface area contributed by atoms with Crippen molar-refractivity contribution in [2.75, 3.05) is 72.0 Å². The molecule has 0 saturated carbocycles. The smallest absolute Gasteiger partial charge is 0.388 e. The molecular formula is C73H70Cl3F17N26O6. The minimum atomic E-state index is -4.61. The van der Waals surface area contributed by atoms with Crippen LogP contribution in [0.3, 0.4) is 0 Å². The van der Waals surface area contributed by atoms with Crippen LogP contribution in [0.1, 0.15) is 50.2 Å². The topological polar surface area (TPSA) is 413 Å². The number of fused-ring (bicyclic) bond motifs is 4. The van der Waals surface area contributed by atoms with Gasteiger partial charge in [0.05, 0.1) is 58.0 Å². The normalized spacial score (nSPS) is 20.4. The third kappa shape index (κ3) is 21.7. The van der Waals surface area contributed by atoms with E-state index in [1.807, 2.05) is 5.32 Å². The summed E-state index contributed by atoms with van der Waals surface area (Å²) in [6.07, 6.45) is -6.25. The quantitative estimate of drug-likeness (QED) is 0.0379. The summed E-state index contributed by atoms with van der Waals surface area (Å²) in [7, 11) is 0. The molecule has 4 saturated heterocycles. The number of rotatable bonds is 17. The number of nitrogens with zero attached hydrogens (tertiary/aromatic N) is 18. The zero-order valence-electron chi connectivity index (χ0n) is 64.0. The highest BCUT2D eigenvalue weighted by Crippen LogP contribution is 2.40. The monoisotopic (exact) mass is 1830 g/mol. The molecule has 12 aromatic heterocycles. The van der Waals surface area contributed by atoms with Crippen LogP contribution in [0, 0.1) is 17.5 Å². The lowest BCUT2D eigenvalue weighted by atomic mass is 9.97. The molecule has 4 aliphatic rings. The Bertz CT molecular complexity index is 5830. The number of aromatic amines is 4. The van der Waals surface area contributed by atoms with E-state index in [1.54, 1.807) is 59.7 Å². The number of halogens is 20. The summed E-state index contributed by atoms with van der Waals surface area (Å²) in [4.78, 5) is 123. The number of aliphatic hydroxyl groups is 2. The zero-order chi connectivity index (χ0) is 90.2. The van der Waals surface area contributed by atoms with E-state index in [0.29, 0.717) is 81.5 Å². The van der Waals surface area contributed by atoms with E-state index in [-0.39, 0.29) is 109 Å². The first-order chi connectivity index (χ1) is 58.8. The van der Waals surface area contributed by atoms with Gasteiger partial charge >= 0.3 is 24.7 Å². The number of pyridine rings is 4. The zero-order valence-corrected chi connectivity index (χ0v) is 66.3. The SMILES string of the molecule is CC[C@@]1(O)C[C@H](C(=O)NCC(F)(F)F)N(c2nc(-c3c[nH]c4ncc(Cl)cc34)ncc2F)C1.C[C@@]1(O)C[C@H](C(=O)NCC(F)(F)F)N(c2nc(-c3c[nH]c4ncc(Cl)cc34)ncc2F)C1.O=C(NCC(F)(F)F)[C@@H]1C[C@H](F)CN1c1ncnc(-c2c[nH]c3ncc(F)cc23)n1.O=C(NCC(F)(F)F)[C@H]1C[C@H](F)CN1c1ncnc(-c2c[nH]c3ncc(Cl)cc23)n1.[HH].[HH].[HH]. The second-order valence-electron chi connectivity index (χ2n) is 29.1. The predicted octanol–water partition coefficient (Wildman–Crippen LogP) is 11.6. The van der Waals surface area contributed by atoms with Gasteiger partial charge in [-0.25, -0.2) is 81.8 Å². The van der Waals surface area contributed by atoms with Crippen LogP contribution in [0.5, 0.6) is 0 Å². The molecule has 8 atom stereocenters. The van der Waals surface area contributed by atoms with Crippen LogP contribution in [0.15, 0.2) is 98.9 Å². The van der Waals surface area contributed by atoms with Crippen LogP contribution in [-0.4, -0.2) is 248 Å². The summed E-state index contributed by atoms with van der Waals surface area (Å²) in [6.45, 7) is -3.94. The molecular weight excluding hydrogens is 1770 g/mol. The fourth-order valence-corrected chi connectivity index (χ4v) is 14.5. The maximum Gasteiger partial charge on any atom is 0.405 e. The van der Waals surface area contributed by atoms with Crippen LogP contribution in [0.4, 0.5) is 98.2 Å². The van der Waals surface area contributed by atoms with E-state index >= 15 is 0 Å². The highest BCUT2D eigenvalue weighted by atomic mass is 35.5. The second kappa shape index (κ2) is 36.1. The van der Waals surface area contributed by atoms with Crippen LogP contribution in [0.25, 0.3) is 89.7 Å². The van der Waals surface area contributed by atoms with Crippen molar-refractivity contribution < 1.29 is 108 Å². The number of carbonyl (C=O) groups is 4. The number of H-pyrrole nitrogens is 4. The molecule has 0 unspecified atom stereocenters. The van der Waals surface area contributed by atoms with Crippen molar-refractivity contribution in [2.45, 2.75) is 118 Å². The van der Waals surface area contributed by atoms with E-state index in [9.17, 15) is 104 Å². The van der Waals surface area contributed by atoms with Crippen molar-refractivity contribution in [1.29, 1.82) is 0 Å². The average Bonchev–Trinajstić information content (AvgIpc) is 1.58. The number of hydrogen-bond acceptors (Lipinski definition) is 24. The van der Waals surface area contributed by atoms with Gasteiger partial charge in [-0.3, -0.25) is 19.2 Å². The second-order valence-corrected chi connectivity index (χ2v) is 30.4. The Morgan fingerprint density at radius 3 is 1.14 bits per heavy atom. The molecule has 32 nitrogen and oxygen atoms in total. The maximum atomic E-state index is 14.8. The van der Waals surface area contributed by atoms with E-state index in [4.69, 9.17) is 34.8 Å². The number of anilines is 4. The van der Waals surface area contributed by atoms with Gasteiger partial charge in [0.25, 0.3) is 0 Å². The molecule has 668 valence electrons. The molecule has 12 aromatic rings.